The number of carbonyl (C=O) groups excluding carboxylic acids is 1. The quantitative estimate of drug-likeness (QED) is 0.775. The fourth-order valence-electron chi connectivity index (χ4n) is 4.23. The van der Waals surface area contributed by atoms with Crippen LogP contribution in [0.5, 0.6) is 0 Å². The summed E-state index contributed by atoms with van der Waals surface area (Å²) in [4.78, 5) is 11.1. The second-order valence-electron chi connectivity index (χ2n) is 9.30. The van der Waals surface area contributed by atoms with Crippen LogP contribution in [0, 0.1) is 6.92 Å². The highest BCUT2D eigenvalue weighted by Gasteiger charge is 2.37. The van der Waals surface area contributed by atoms with Crippen LogP contribution in [-0.2, 0) is 22.0 Å². The van der Waals surface area contributed by atoms with E-state index in [1.807, 2.05) is 24.3 Å². The van der Waals surface area contributed by atoms with Crippen molar-refractivity contribution in [2.75, 3.05) is 0 Å². The van der Waals surface area contributed by atoms with Crippen LogP contribution in [0.1, 0.15) is 73.9 Å². The molecule has 2 aromatic rings. The van der Waals surface area contributed by atoms with Crippen molar-refractivity contribution in [2.45, 2.75) is 64.7 Å². The maximum absolute atomic E-state index is 11.1. The number of hydrogen-bond donors (Lipinski definition) is 1. The van der Waals surface area contributed by atoms with Gasteiger partial charge in [0.15, 0.2) is 0 Å². The normalized spacial score (nSPS) is 17.2. The molecule has 0 heterocycles. The second-order valence-corrected chi connectivity index (χ2v) is 9.30. The SMILES string of the molecule is C=C(c1ccc(CC(N)=O)cc1)c1cc2c(cc1C)C(C)(C)CCC2(C)C. The van der Waals surface area contributed by atoms with Gasteiger partial charge in [-0.05, 0) is 69.5 Å². The molecule has 1 aliphatic carbocycles. The van der Waals surface area contributed by atoms with E-state index < -0.39 is 0 Å². The molecule has 27 heavy (non-hydrogen) atoms. The summed E-state index contributed by atoms with van der Waals surface area (Å²) in [6.07, 6.45) is 2.69. The number of nitrogens with two attached hydrogens (primary N) is 1. The van der Waals surface area contributed by atoms with Crippen LogP contribution in [-0.4, -0.2) is 5.91 Å². The summed E-state index contributed by atoms with van der Waals surface area (Å²) in [7, 11) is 0. The third-order valence-corrected chi connectivity index (χ3v) is 6.20. The Morgan fingerprint density at radius 3 is 2.04 bits per heavy atom. The first-order valence-corrected chi connectivity index (χ1v) is 9.74. The lowest BCUT2D eigenvalue weighted by Crippen LogP contribution is -2.34. The van der Waals surface area contributed by atoms with E-state index in [2.05, 4.69) is 53.3 Å². The summed E-state index contributed by atoms with van der Waals surface area (Å²) in [6, 6.07) is 12.7. The minimum Gasteiger partial charge on any atom is -0.369 e. The first-order valence-electron chi connectivity index (χ1n) is 9.74. The zero-order valence-corrected chi connectivity index (χ0v) is 17.3. The monoisotopic (exact) mass is 361 g/mol. The van der Waals surface area contributed by atoms with E-state index in [1.54, 1.807) is 0 Å². The van der Waals surface area contributed by atoms with Crippen molar-refractivity contribution in [3.8, 4) is 0 Å². The molecule has 0 bridgehead atoms. The Morgan fingerprint density at radius 1 is 1.00 bits per heavy atom. The number of hydrogen-bond acceptors (Lipinski definition) is 1. The fraction of sp³-hybridized carbons (Fsp3) is 0.400. The Bertz CT molecular complexity index is 901. The van der Waals surface area contributed by atoms with Gasteiger partial charge in [-0.2, -0.15) is 0 Å². The molecule has 1 amide bonds. The summed E-state index contributed by atoms with van der Waals surface area (Å²) >= 11 is 0. The van der Waals surface area contributed by atoms with Crippen molar-refractivity contribution in [1.29, 1.82) is 0 Å². The van der Waals surface area contributed by atoms with Crippen LogP contribution in [0.25, 0.3) is 5.57 Å². The van der Waals surface area contributed by atoms with E-state index in [0.29, 0.717) is 0 Å². The molecule has 1 aliphatic rings. The van der Waals surface area contributed by atoms with Gasteiger partial charge in [0.1, 0.15) is 0 Å². The smallest absolute Gasteiger partial charge is 0.221 e. The van der Waals surface area contributed by atoms with Crippen LogP contribution >= 0.6 is 0 Å². The number of carbonyl (C=O) groups is 1. The number of rotatable bonds is 4. The summed E-state index contributed by atoms with van der Waals surface area (Å²) in [5.41, 5.74) is 14.1. The lowest BCUT2D eigenvalue weighted by atomic mass is 9.62. The molecule has 0 fully saturated rings. The van der Waals surface area contributed by atoms with Gasteiger partial charge in [-0.1, -0.05) is 70.7 Å². The number of amides is 1. The highest BCUT2D eigenvalue weighted by atomic mass is 16.1. The van der Waals surface area contributed by atoms with Crippen LogP contribution in [0.15, 0.2) is 43.0 Å². The summed E-state index contributed by atoms with van der Waals surface area (Å²) < 4.78 is 0. The topological polar surface area (TPSA) is 43.1 Å². The molecule has 2 heteroatoms. The fourth-order valence-corrected chi connectivity index (χ4v) is 4.23. The van der Waals surface area contributed by atoms with Gasteiger partial charge in [0.2, 0.25) is 5.91 Å². The van der Waals surface area contributed by atoms with Crippen LogP contribution < -0.4 is 5.73 Å². The molecule has 2 nitrogen and oxygen atoms in total. The van der Waals surface area contributed by atoms with E-state index in [4.69, 9.17) is 5.73 Å². The molecule has 0 atom stereocenters. The molecule has 0 radical (unpaired) electrons. The van der Waals surface area contributed by atoms with Gasteiger partial charge >= 0.3 is 0 Å². The highest BCUT2D eigenvalue weighted by molar-refractivity contribution is 5.81. The van der Waals surface area contributed by atoms with Crippen LogP contribution in [0.2, 0.25) is 0 Å². The zero-order chi connectivity index (χ0) is 20.0. The van der Waals surface area contributed by atoms with E-state index in [0.717, 1.165) is 16.7 Å². The molecular formula is C25H31NO. The Labute approximate surface area is 163 Å². The number of primary amides is 1. The average molecular weight is 362 g/mol. The van der Waals surface area contributed by atoms with E-state index in [9.17, 15) is 4.79 Å². The Hall–Kier alpha value is -2.35. The average Bonchev–Trinajstić information content (AvgIpc) is 2.58. The van der Waals surface area contributed by atoms with Gasteiger partial charge in [-0.25, -0.2) is 0 Å². The van der Waals surface area contributed by atoms with Gasteiger partial charge in [-0.15, -0.1) is 0 Å². The van der Waals surface area contributed by atoms with Crippen LogP contribution in [0.3, 0.4) is 0 Å². The second kappa shape index (κ2) is 6.67. The molecule has 0 saturated heterocycles. The third kappa shape index (κ3) is 3.71. The van der Waals surface area contributed by atoms with E-state index in [1.165, 1.54) is 35.1 Å². The molecule has 0 aliphatic heterocycles. The largest absolute Gasteiger partial charge is 0.369 e. The lowest BCUT2D eigenvalue weighted by molar-refractivity contribution is -0.117. The lowest BCUT2D eigenvalue weighted by Gasteiger charge is -2.42. The van der Waals surface area contributed by atoms with Gasteiger partial charge in [0.05, 0.1) is 6.42 Å². The zero-order valence-electron chi connectivity index (χ0n) is 17.3. The molecule has 3 rings (SSSR count). The number of fused-ring (bicyclic) bond motifs is 1. The molecule has 2 aromatic carbocycles. The van der Waals surface area contributed by atoms with Crippen molar-refractivity contribution in [1.82, 2.24) is 0 Å². The van der Waals surface area contributed by atoms with Crippen molar-refractivity contribution in [3.63, 3.8) is 0 Å². The van der Waals surface area contributed by atoms with Crippen molar-refractivity contribution >= 4 is 11.5 Å². The Balaban J connectivity index is 2.02. The first-order chi connectivity index (χ1) is 12.5. The Morgan fingerprint density at radius 2 is 1.52 bits per heavy atom. The minimum absolute atomic E-state index is 0.179. The molecule has 0 aromatic heterocycles. The maximum atomic E-state index is 11.1. The first kappa shape index (κ1) is 19.4. The van der Waals surface area contributed by atoms with E-state index in [-0.39, 0.29) is 23.2 Å². The van der Waals surface area contributed by atoms with E-state index >= 15 is 0 Å². The van der Waals surface area contributed by atoms with Gasteiger partial charge in [0.25, 0.3) is 0 Å². The van der Waals surface area contributed by atoms with Crippen molar-refractivity contribution < 1.29 is 4.79 Å². The van der Waals surface area contributed by atoms with Crippen LogP contribution in [0.4, 0.5) is 0 Å². The predicted molar refractivity (Wildman–Crippen MR) is 114 cm³/mol. The Kier molecular flexibility index (Phi) is 4.80. The standard InChI is InChI=1S/C25H31NO/c1-16-13-21-22(25(5,6)12-11-24(21,3)4)15-20(16)17(2)19-9-7-18(8-10-19)14-23(26)27/h7-10,13,15H,2,11-12,14H2,1,3-6H3,(H2,26,27). The van der Waals surface area contributed by atoms with Gasteiger partial charge < -0.3 is 5.73 Å². The molecule has 2 N–H and O–H groups in total. The molecule has 0 spiro atoms. The molecule has 0 unspecified atom stereocenters. The third-order valence-electron chi connectivity index (χ3n) is 6.20. The maximum Gasteiger partial charge on any atom is 0.221 e. The van der Waals surface area contributed by atoms with Crippen molar-refractivity contribution in [3.05, 3.63) is 76.4 Å². The van der Waals surface area contributed by atoms with Gasteiger partial charge in [0, 0.05) is 0 Å². The molecule has 142 valence electrons. The predicted octanol–water partition coefficient (Wildman–Crippen LogP) is 5.43. The summed E-state index contributed by atoms with van der Waals surface area (Å²) in [5.74, 6) is -0.308. The van der Waals surface area contributed by atoms with Gasteiger partial charge in [-0.3, -0.25) is 4.79 Å². The molecule has 0 saturated carbocycles. The summed E-state index contributed by atoms with van der Waals surface area (Å²) in [5, 5.41) is 0. The van der Waals surface area contributed by atoms with Crippen molar-refractivity contribution in [2.24, 2.45) is 5.73 Å². The number of aryl methyl sites for hydroxylation is 1. The molecular weight excluding hydrogens is 330 g/mol. The highest BCUT2D eigenvalue weighted by Crippen LogP contribution is 2.47. The summed E-state index contributed by atoms with van der Waals surface area (Å²) in [6.45, 7) is 16.0. The number of benzene rings is 2. The minimum atomic E-state index is -0.308.